The number of aromatic amines is 1. The Morgan fingerprint density at radius 2 is 2.28 bits per heavy atom. The SMILES string of the molecule is O=c1[nH]c(=O)n([C@H]2C[C@H](OC3CCCCO3)[C@@H](CO)O2)cc1/C=C/Br. The number of aromatic nitrogens is 2. The molecular formula is C16H21BrN2O6. The summed E-state index contributed by atoms with van der Waals surface area (Å²) in [5.41, 5.74) is -0.717. The van der Waals surface area contributed by atoms with Gasteiger partial charge in [0.1, 0.15) is 12.3 Å². The highest BCUT2D eigenvalue weighted by Crippen LogP contribution is 2.31. The van der Waals surface area contributed by atoms with E-state index in [-0.39, 0.29) is 19.0 Å². The summed E-state index contributed by atoms with van der Waals surface area (Å²) in [6.45, 7) is 0.438. The number of nitrogens with one attached hydrogen (secondary N) is 1. The molecule has 0 aromatic carbocycles. The van der Waals surface area contributed by atoms with Crippen LogP contribution in [0, 0.1) is 0 Å². The van der Waals surface area contributed by atoms with Crippen LogP contribution in [0.5, 0.6) is 0 Å². The van der Waals surface area contributed by atoms with E-state index in [1.54, 1.807) is 0 Å². The fourth-order valence-electron chi connectivity index (χ4n) is 3.09. The van der Waals surface area contributed by atoms with Gasteiger partial charge in [-0.15, -0.1) is 0 Å². The molecule has 0 amide bonds. The van der Waals surface area contributed by atoms with E-state index in [1.807, 2.05) is 0 Å². The molecule has 25 heavy (non-hydrogen) atoms. The van der Waals surface area contributed by atoms with Crippen LogP contribution in [-0.4, -0.2) is 46.4 Å². The molecular weight excluding hydrogens is 396 g/mol. The lowest BCUT2D eigenvalue weighted by Crippen LogP contribution is -2.34. The number of hydrogen-bond acceptors (Lipinski definition) is 6. The largest absolute Gasteiger partial charge is 0.394 e. The minimum atomic E-state index is -0.627. The number of ether oxygens (including phenoxy) is 3. The minimum absolute atomic E-state index is 0.222. The molecule has 138 valence electrons. The van der Waals surface area contributed by atoms with Gasteiger partial charge < -0.3 is 19.3 Å². The highest BCUT2D eigenvalue weighted by Gasteiger charge is 2.39. The monoisotopic (exact) mass is 416 g/mol. The molecule has 0 aliphatic carbocycles. The second-order valence-electron chi connectivity index (χ2n) is 6.06. The zero-order valence-corrected chi connectivity index (χ0v) is 15.2. The number of aliphatic hydroxyl groups excluding tert-OH is 1. The van der Waals surface area contributed by atoms with Gasteiger partial charge in [0, 0.05) is 19.2 Å². The van der Waals surface area contributed by atoms with Crippen molar-refractivity contribution in [1.29, 1.82) is 0 Å². The number of aliphatic hydroxyl groups is 1. The molecule has 2 aliphatic heterocycles. The average molecular weight is 417 g/mol. The van der Waals surface area contributed by atoms with Crippen LogP contribution < -0.4 is 11.2 Å². The molecule has 4 atom stereocenters. The maximum atomic E-state index is 12.1. The Hall–Kier alpha value is -1.26. The zero-order valence-electron chi connectivity index (χ0n) is 13.6. The second kappa shape index (κ2) is 8.41. The van der Waals surface area contributed by atoms with Crippen molar-refractivity contribution in [3.8, 4) is 0 Å². The predicted octanol–water partition coefficient (Wildman–Crippen LogP) is 1.09. The second-order valence-corrected chi connectivity index (χ2v) is 6.59. The molecule has 0 bridgehead atoms. The summed E-state index contributed by atoms with van der Waals surface area (Å²) in [4.78, 5) is 27.7. The molecule has 0 radical (unpaired) electrons. The lowest BCUT2D eigenvalue weighted by molar-refractivity contribution is -0.199. The summed E-state index contributed by atoms with van der Waals surface area (Å²) in [6, 6.07) is 0. The van der Waals surface area contributed by atoms with E-state index in [2.05, 4.69) is 20.9 Å². The Morgan fingerprint density at radius 1 is 1.44 bits per heavy atom. The maximum absolute atomic E-state index is 12.1. The van der Waals surface area contributed by atoms with Gasteiger partial charge in [-0.2, -0.15) is 0 Å². The summed E-state index contributed by atoms with van der Waals surface area (Å²) in [5, 5.41) is 9.57. The third kappa shape index (κ3) is 4.29. The van der Waals surface area contributed by atoms with Gasteiger partial charge in [0.15, 0.2) is 6.29 Å². The van der Waals surface area contributed by atoms with Crippen molar-refractivity contribution in [2.45, 2.75) is 50.4 Å². The quantitative estimate of drug-likeness (QED) is 0.744. The highest BCUT2D eigenvalue weighted by molar-refractivity contribution is 9.11. The van der Waals surface area contributed by atoms with Gasteiger partial charge in [0.05, 0.1) is 18.3 Å². The van der Waals surface area contributed by atoms with Crippen LogP contribution >= 0.6 is 15.9 Å². The van der Waals surface area contributed by atoms with Crippen molar-refractivity contribution in [2.24, 2.45) is 0 Å². The Balaban J connectivity index is 1.78. The number of halogens is 1. The molecule has 0 saturated carbocycles. The molecule has 2 N–H and O–H groups in total. The van der Waals surface area contributed by atoms with Crippen LogP contribution in [0.15, 0.2) is 20.8 Å². The first-order chi connectivity index (χ1) is 12.1. The number of hydrogen-bond donors (Lipinski definition) is 2. The van der Waals surface area contributed by atoms with E-state index in [1.165, 1.54) is 21.8 Å². The normalized spacial score (nSPS) is 30.2. The Labute approximate surface area is 152 Å². The lowest BCUT2D eigenvalue weighted by Gasteiger charge is -2.27. The summed E-state index contributed by atoms with van der Waals surface area (Å²) in [7, 11) is 0. The van der Waals surface area contributed by atoms with Crippen LogP contribution in [0.1, 0.15) is 37.5 Å². The molecule has 1 aromatic heterocycles. The van der Waals surface area contributed by atoms with Gasteiger partial charge >= 0.3 is 5.69 Å². The average Bonchev–Trinajstić information content (AvgIpc) is 3.01. The third-order valence-electron chi connectivity index (χ3n) is 4.37. The van der Waals surface area contributed by atoms with Crippen molar-refractivity contribution < 1.29 is 19.3 Å². The van der Waals surface area contributed by atoms with E-state index in [9.17, 15) is 14.7 Å². The molecule has 1 unspecified atom stereocenters. The molecule has 8 nitrogen and oxygen atoms in total. The van der Waals surface area contributed by atoms with Gasteiger partial charge in [-0.1, -0.05) is 15.9 Å². The molecule has 1 aromatic rings. The van der Waals surface area contributed by atoms with Crippen molar-refractivity contribution in [2.75, 3.05) is 13.2 Å². The smallest absolute Gasteiger partial charge is 0.330 e. The zero-order chi connectivity index (χ0) is 17.8. The van der Waals surface area contributed by atoms with E-state index in [4.69, 9.17) is 14.2 Å². The van der Waals surface area contributed by atoms with Gasteiger partial charge in [-0.3, -0.25) is 14.3 Å². The number of nitrogens with zero attached hydrogens (tertiary/aromatic N) is 1. The molecule has 0 spiro atoms. The first-order valence-corrected chi connectivity index (χ1v) is 9.19. The molecule has 3 heterocycles. The third-order valence-corrected chi connectivity index (χ3v) is 4.64. The Bertz CT molecular complexity index is 724. The van der Waals surface area contributed by atoms with E-state index >= 15 is 0 Å². The predicted molar refractivity (Wildman–Crippen MR) is 93.4 cm³/mol. The maximum Gasteiger partial charge on any atom is 0.330 e. The summed E-state index contributed by atoms with van der Waals surface area (Å²) < 4.78 is 18.6. The van der Waals surface area contributed by atoms with Gasteiger partial charge in [0.2, 0.25) is 0 Å². The summed E-state index contributed by atoms with van der Waals surface area (Å²) in [6.07, 6.45) is 4.35. The Kier molecular flexibility index (Phi) is 6.24. The van der Waals surface area contributed by atoms with E-state index in [0.29, 0.717) is 18.6 Å². The highest BCUT2D eigenvalue weighted by atomic mass is 79.9. The fourth-order valence-corrected chi connectivity index (χ4v) is 3.38. The van der Waals surface area contributed by atoms with E-state index in [0.717, 1.165) is 19.3 Å². The first kappa shape index (κ1) is 18.5. The molecule has 2 aliphatic rings. The molecule has 2 fully saturated rings. The van der Waals surface area contributed by atoms with Crippen molar-refractivity contribution >= 4 is 22.0 Å². The topological polar surface area (TPSA) is 103 Å². The summed E-state index contributed by atoms with van der Waals surface area (Å²) in [5.74, 6) is 0. The first-order valence-electron chi connectivity index (χ1n) is 8.28. The molecule has 3 rings (SSSR count). The van der Waals surface area contributed by atoms with Crippen LogP contribution in [0.4, 0.5) is 0 Å². The molecule has 2 saturated heterocycles. The Morgan fingerprint density at radius 3 is 2.96 bits per heavy atom. The fraction of sp³-hybridized carbons (Fsp3) is 0.625. The van der Waals surface area contributed by atoms with Crippen LogP contribution in [-0.2, 0) is 14.2 Å². The summed E-state index contributed by atoms with van der Waals surface area (Å²) >= 11 is 3.11. The van der Waals surface area contributed by atoms with Gasteiger partial charge in [-0.05, 0) is 30.3 Å². The van der Waals surface area contributed by atoms with Gasteiger partial charge in [-0.25, -0.2) is 4.79 Å². The van der Waals surface area contributed by atoms with Crippen LogP contribution in [0.2, 0.25) is 0 Å². The van der Waals surface area contributed by atoms with Crippen LogP contribution in [0.3, 0.4) is 0 Å². The van der Waals surface area contributed by atoms with Crippen molar-refractivity contribution in [3.63, 3.8) is 0 Å². The van der Waals surface area contributed by atoms with E-state index < -0.39 is 23.6 Å². The van der Waals surface area contributed by atoms with Crippen molar-refractivity contribution in [1.82, 2.24) is 9.55 Å². The number of rotatable bonds is 5. The standard InChI is InChI=1S/C16H21BrN2O6/c17-5-4-10-8-19(16(22)18-15(10)21)13-7-11(12(9-20)24-13)25-14-3-1-2-6-23-14/h4-5,8,11-14,20H,1-3,6-7,9H2,(H,18,21,22)/b5-4+/t11-,12+,13+,14?/m0/s1. The van der Waals surface area contributed by atoms with Crippen molar-refractivity contribution in [3.05, 3.63) is 37.6 Å². The lowest BCUT2D eigenvalue weighted by atomic mass is 10.1. The van der Waals surface area contributed by atoms with Crippen LogP contribution in [0.25, 0.3) is 6.08 Å². The number of H-pyrrole nitrogens is 1. The molecule has 9 heteroatoms. The van der Waals surface area contributed by atoms with Gasteiger partial charge in [0.25, 0.3) is 5.56 Å². The minimum Gasteiger partial charge on any atom is -0.394 e.